The summed E-state index contributed by atoms with van der Waals surface area (Å²) in [4.78, 5) is 11.8. The summed E-state index contributed by atoms with van der Waals surface area (Å²) in [5.41, 5.74) is 0.850. The van der Waals surface area contributed by atoms with Crippen molar-refractivity contribution in [2.75, 3.05) is 0 Å². The van der Waals surface area contributed by atoms with Crippen molar-refractivity contribution in [3.63, 3.8) is 0 Å². The van der Waals surface area contributed by atoms with Crippen molar-refractivity contribution >= 4 is 5.78 Å². The van der Waals surface area contributed by atoms with E-state index < -0.39 is 0 Å². The quantitative estimate of drug-likeness (QED) is 0.315. The maximum absolute atomic E-state index is 11.8. The predicted molar refractivity (Wildman–Crippen MR) is 77.9 cm³/mol. The Morgan fingerprint density at radius 3 is 2.22 bits per heavy atom. The Balaban J connectivity index is 2.01. The molecule has 0 radical (unpaired) electrons. The van der Waals surface area contributed by atoms with Gasteiger partial charge in [0.05, 0.1) is 0 Å². The van der Waals surface area contributed by atoms with Gasteiger partial charge in [-0.15, -0.1) is 6.58 Å². The summed E-state index contributed by atoms with van der Waals surface area (Å²) in [5, 5.41) is 0. The maximum Gasteiger partial charge on any atom is 0.162 e. The molecule has 0 aliphatic carbocycles. The first-order valence-electron chi connectivity index (χ1n) is 7.03. The Kier molecular flexibility index (Phi) is 7.87. The number of allylic oxidation sites excluding steroid dienone is 1. The van der Waals surface area contributed by atoms with Gasteiger partial charge in [-0.05, 0) is 19.3 Å². The molecule has 0 atom stereocenters. The zero-order chi connectivity index (χ0) is 13.1. The van der Waals surface area contributed by atoms with Gasteiger partial charge in [0.25, 0.3) is 0 Å². The predicted octanol–water partition coefficient (Wildman–Crippen LogP) is 5.18. The molecule has 0 aliphatic heterocycles. The Hall–Kier alpha value is -1.37. The summed E-state index contributed by atoms with van der Waals surface area (Å²) in [6.07, 6.45) is 11.1. The third-order valence-corrected chi connectivity index (χ3v) is 3.16. The molecule has 0 spiro atoms. The molecular weight excluding hydrogens is 220 g/mol. The monoisotopic (exact) mass is 244 g/mol. The lowest BCUT2D eigenvalue weighted by Gasteiger charge is -2.02. The van der Waals surface area contributed by atoms with Crippen LogP contribution in [0.1, 0.15) is 61.7 Å². The number of carbonyl (C=O) groups is 1. The number of unbranched alkanes of at least 4 members (excludes halogenated alkanes) is 6. The van der Waals surface area contributed by atoms with Crippen LogP contribution in [0.25, 0.3) is 0 Å². The molecule has 0 aliphatic rings. The lowest BCUT2D eigenvalue weighted by molar-refractivity contribution is 0.0979. The van der Waals surface area contributed by atoms with Gasteiger partial charge in [-0.3, -0.25) is 4.79 Å². The number of carbonyl (C=O) groups excluding carboxylic acids is 1. The minimum Gasteiger partial charge on any atom is -0.294 e. The fourth-order valence-corrected chi connectivity index (χ4v) is 2.05. The van der Waals surface area contributed by atoms with E-state index in [1.54, 1.807) is 0 Å². The summed E-state index contributed by atoms with van der Waals surface area (Å²) in [6, 6.07) is 9.59. The van der Waals surface area contributed by atoms with Gasteiger partial charge in [0, 0.05) is 12.0 Å². The van der Waals surface area contributed by atoms with Crippen LogP contribution in [-0.4, -0.2) is 5.78 Å². The van der Waals surface area contributed by atoms with E-state index in [4.69, 9.17) is 0 Å². The molecule has 1 aromatic rings. The molecule has 0 saturated carbocycles. The van der Waals surface area contributed by atoms with Crippen LogP contribution in [0.15, 0.2) is 43.0 Å². The fourth-order valence-electron chi connectivity index (χ4n) is 2.05. The average molecular weight is 244 g/mol. The van der Waals surface area contributed by atoms with Gasteiger partial charge >= 0.3 is 0 Å². The van der Waals surface area contributed by atoms with Gasteiger partial charge in [-0.25, -0.2) is 0 Å². The van der Waals surface area contributed by atoms with Gasteiger partial charge < -0.3 is 0 Å². The van der Waals surface area contributed by atoms with Crippen LogP contribution >= 0.6 is 0 Å². The largest absolute Gasteiger partial charge is 0.294 e. The summed E-state index contributed by atoms with van der Waals surface area (Å²) in [6.45, 7) is 3.72. The minimum atomic E-state index is 0.280. The highest BCUT2D eigenvalue weighted by molar-refractivity contribution is 5.95. The molecule has 1 nitrogen and oxygen atoms in total. The minimum absolute atomic E-state index is 0.280. The second kappa shape index (κ2) is 9.64. The van der Waals surface area contributed by atoms with Crippen molar-refractivity contribution in [3.8, 4) is 0 Å². The van der Waals surface area contributed by atoms with Gasteiger partial charge in [0.1, 0.15) is 0 Å². The van der Waals surface area contributed by atoms with E-state index in [0.717, 1.165) is 18.4 Å². The number of benzene rings is 1. The Labute approximate surface area is 111 Å². The molecule has 0 saturated heterocycles. The molecule has 0 bridgehead atoms. The zero-order valence-electron chi connectivity index (χ0n) is 11.2. The molecule has 0 amide bonds. The molecule has 0 unspecified atom stereocenters. The molecule has 1 heteroatoms. The summed E-state index contributed by atoms with van der Waals surface area (Å²) in [7, 11) is 0. The number of rotatable bonds is 10. The summed E-state index contributed by atoms with van der Waals surface area (Å²) < 4.78 is 0. The van der Waals surface area contributed by atoms with Crippen LogP contribution in [0.3, 0.4) is 0 Å². The van der Waals surface area contributed by atoms with Crippen LogP contribution < -0.4 is 0 Å². The van der Waals surface area contributed by atoms with E-state index >= 15 is 0 Å². The molecular formula is C17H24O. The molecule has 18 heavy (non-hydrogen) atoms. The van der Waals surface area contributed by atoms with Crippen molar-refractivity contribution in [1.82, 2.24) is 0 Å². The third kappa shape index (κ3) is 6.39. The lowest BCUT2D eigenvalue weighted by Crippen LogP contribution is -1.98. The van der Waals surface area contributed by atoms with Crippen molar-refractivity contribution in [2.45, 2.75) is 51.4 Å². The lowest BCUT2D eigenvalue weighted by atomic mass is 10.0. The molecule has 1 rings (SSSR count). The molecule has 1 aromatic carbocycles. The summed E-state index contributed by atoms with van der Waals surface area (Å²) >= 11 is 0. The molecule has 0 N–H and O–H groups in total. The van der Waals surface area contributed by atoms with E-state index in [2.05, 4.69) is 6.58 Å². The van der Waals surface area contributed by atoms with Crippen LogP contribution in [-0.2, 0) is 0 Å². The SMILES string of the molecule is C=CCCCCCCCCC(=O)c1ccccc1. The Bertz CT molecular complexity index is 340. The normalized spacial score (nSPS) is 10.2. The maximum atomic E-state index is 11.8. The van der Waals surface area contributed by atoms with Crippen LogP contribution in [0.4, 0.5) is 0 Å². The first kappa shape index (κ1) is 14.7. The Morgan fingerprint density at radius 2 is 1.56 bits per heavy atom. The second-order valence-corrected chi connectivity index (χ2v) is 4.74. The van der Waals surface area contributed by atoms with Crippen molar-refractivity contribution in [3.05, 3.63) is 48.6 Å². The average Bonchev–Trinajstić information content (AvgIpc) is 2.42. The first-order chi connectivity index (χ1) is 8.84. The zero-order valence-corrected chi connectivity index (χ0v) is 11.2. The summed E-state index contributed by atoms with van der Waals surface area (Å²) in [5.74, 6) is 0.280. The number of ketones is 1. The topological polar surface area (TPSA) is 17.1 Å². The van der Waals surface area contributed by atoms with Gasteiger partial charge in [0.2, 0.25) is 0 Å². The second-order valence-electron chi connectivity index (χ2n) is 4.74. The fraction of sp³-hybridized carbons (Fsp3) is 0.471. The van der Waals surface area contributed by atoms with Crippen molar-refractivity contribution < 1.29 is 4.79 Å². The van der Waals surface area contributed by atoms with E-state index in [9.17, 15) is 4.79 Å². The van der Waals surface area contributed by atoms with Gasteiger partial charge in [-0.2, -0.15) is 0 Å². The molecule has 98 valence electrons. The van der Waals surface area contributed by atoms with Gasteiger partial charge in [0.15, 0.2) is 5.78 Å². The van der Waals surface area contributed by atoms with E-state index in [-0.39, 0.29) is 5.78 Å². The number of hydrogen-bond donors (Lipinski definition) is 0. The number of hydrogen-bond acceptors (Lipinski definition) is 1. The number of Topliss-reactive ketones (excluding diaryl/α,β-unsaturated/α-hetero) is 1. The van der Waals surface area contributed by atoms with Crippen molar-refractivity contribution in [2.24, 2.45) is 0 Å². The highest BCUT2D eigenvalue weighted by Crippen LogP contribution is 2.11. The Morgan fingerprint density at radius 1 is 0.944 bits per heavy atom. The van der Waals surface area contributed by atoms with E-state index in [1.165, 1.54) is 32.1 Å². The first-order valence-corrected chi connectivity index (χ1v) is 7.03. The van der Waals surface area contributed by atoms with E-state index in [0.29, 0.717) is 6.42 Å². The van der Waals surface area contributed by atoms with Crippen molar-refractivity contribution in [1.29, 1.82) is 0 Å². The van der Waals surface area contributed by atoms with Crippen LogP contribution in [0.5, 0.6) is 0 Å². The van der Waals surface area contributed by atoms with E-state index in [1.807, 2.05) is 36.4 Å². The third-order valence-electron chi connectivity index (χ3n) is 3.16. The standard InChI is InChI=1S/C17H24O/c1-2-3-4-5-6-7-8-12-15-17(18)16-13-10-9-11-14-16/h2,9-11,13-14H,1,3-8,12,15H2. The molecule has 0 fully saturated rings. The molecule has 0 aromatic heterocycles. The smallest absolute Gasteiger partial charge is 0.162 e. The molecule has 0 heterocycles. The van der Waals surface area contributed by atoms with Crippen LogP contribution in [0.2, 0.25) is 0 Å². The highest BCUT2D eigenvalue weighted by Gasteiger charge is 2.03. The highest BCUT2D eigenvalue weighted by atomic mass is 16.1. The van der Waals surface area contributed by atoms with Gasteiger partial charge in [-0.1, -0.05) is 62.1 Å². The van der Waals surface area contributed by atoms with Crippen LogP contribution in [0, 0.1) is 0 Å².